The van der Waals surface area contributed by atoms with Crippen LogP contribution in [-0.4, -0.2) is 5.91 Å². The third-order valence-electron chi connectivity index (χ3n) is 3.10. The highest BCUT2D eigenvalue weighted by atomic mass is 32.1. The van der Waals surface area contributed by atoms with Gasteiger partial charge < -0.3 is 11.1 Å². The minimum Gasteiger partial charge on any atom is -0.398 e. The first-order valence-corrected chi connectivity index (χ1v) is 6.95. The molecule has 0 aliphatic carbocycles. The van der Waals surface area contributed by atoms with E-state index in [0.717, 1.165) is 21.7 Å². The Kier molecular flexibility index (Phi) is 3.62. The number of carbonyl (C=O) groups is 1. The third-order valence-corrected chi connectivity index (χ3v) is 4.16. The van der Waals surface area contributed by atoms with Crippen LogP contribution in [-0.2, 0) is 0 Å². The number of nitrogens with two attached hydrogens (primary N) is 1. The van der Waals surface area contributed by atoms with Crippen LogP contribution in [0.1, 0.15) is 31.2 Å². The van der Waals surface area contributed by atoms with E-state index in [1.807, 2.05) is 20.8 Å². The molecule has 0 fully saturated rings. The van der Waals surface area contributed by atoms with Crippen molar-refractivity contribution in [2.75, 3.05) is 11.1 Å². The molecule has 0 saturated heterocycles. The molecule has 1 amide bonds. The van der Waals surface area contributed by atoms with Crippen molar-refractivity contribution in [1.82, 2.24) is 0 Å². The molecule has 2 rings (SSSR count). The Balaban J connectivity index is 2.29. The molecule has 0 bridgehead atoms. The fraction of sp³-hybridized carbons (Fsp3) is 0.267. The Labute approximate surface area is 117 Å². The van der Waals surface area contributed by atoms with E-state index in [0.29, 0.717) is 10.6 Å². The van der Waals surface area contributed by atoms with Crippen molar-refractivity contribution in [3.05, 3.63) is 44.6 Å². The zero-order chi connectivity index (χ0) is 14.2. The predicted molar refractivity (Wildman–Crippen MR) is 82.1 cm³/mol. The Morgan fingerprint density at radius 1 is 1.11 bits per heavy atom. The molecule has 2 aromatic rings. The average molecular weight is 274 g/mol. The Bertz CT molecular complexity index is 601. The number of rotatable bonds is 2. The second-order valence-corrected chi connectivity index (χ2v) is 6.11. The van der Waals surface area contributed by atoms with Crippen LogP contribution in [0, 0.1) is 27.7 Å². The zero-order valence-electron chi connectivity index (χ0n) is 11.6. The lowest BCUT2D eigenvalue weighted by molar-refractivity contribution is 0.103. The van der Waals surface area contributed by atoms with E-state index in [1.165, 1.54) is 16.9 Å². The highest BCUT2D eigenvalue weighted by molar-refractivity contribution is 7.14. The summed E-state index contributed by atoms with van der Waals surface area (Å²) in [6.07, 6.45) is 0. The SMILES string of the molecule is Cc1cc(C)c(NC(=O)c2cc(N)c(C)s2)c(C)c1. The van der Waals surface area contributed by atoms with Gasteiger partial charge in [-0.2, -0.15) is 0 Å². The van der Waals surface area contributed by atoms with Crippen LogP contribution >= 0.6 is 11.3 Å². The molecule has 1 aromatic heterocycles. The molecule has 0 radical (unpaired) electrons. The fourth-order valence-electron chi connectivity index (χ4n) is 2.16. The molecule has 3 nitrogen and oxygen atoms in total. The topological polar surface area (TPSA) is 55.1 Å². The van der Waals surface area contributed by atoms with Crippen molar-refractivity contribution in [3.63, 3.8) is 0 Å². The van der Waals surface area contributed by atoms with Crippen molar-refractivity contribution >= 4 is 28.6 Å². The van der Waals surface area contributed by atoms with Gasteiger partial charge in [0.05, 0.1) is 4.88 Å². The van der Waals surface area contributed by atoms with Crippen LogP contribution in [0.4, 0.5) is 11.4 Å². The van der Waals surface area contributed by atoms with Crippen molar-refractivity contribution in [2.45, 2.75) is 27.7 Å². The number of nitrogen functional groups attached to an aromatic ring is 1. The Morgan fingerprint density at radius 2 is 1.68 bits per heavy atom. The van der Waals surface area contributed by atoms with Gasteiger partial charge in [-0.3, -0.25) is 4.79 Å². The molecule has 4 heteroatoms. The second kappa shape index (κ2) is 5.05. The summed E-state index contributed by atoms with van der Waals surface area (Å²) in [6.45, 7) is 7.97. The summed E-state index contributed by atoms with van der Waals surface area (Å²) in [5, 5.41) is 2.98. The van der Waals surface area contributed by atoms with E-state index in [2.05, 4.69) is 24.4 Å². The normalized spacial score (nSPS) is 10.5. The number of carbonyl (C=O) groups excluding carboxylic acids is 1. The summed E-state index contributed by atoms with van der Waals surface area (Å²) >= 11 is 1.42. The number of nitrogens with one attached hydrogen (secondary N) is 1. The monoisotopic (exact) mass is 274 g/mol. The molecule has 1 aromatic carbocycles. The van der Waals surface area contributed by atoms with E-state index < -0.39 is 0 Å². The molecule has 0 saturated carbocycles. The number of hydrogen-bond acceptors (Lipinski definition) is 3. The van der Waals surface area contributed by atoms with Gasteiger partial charge in [0.15, 0.2) is 0 Å². The van der Waals surface area contributed by atoms with E-state index >= 15 is 0 Å². The minimum absolute atomic E-state index is 0.0974. The molecule has 0 spiro atoms. The third kappa shape index (κ3) is 2.79. The van der Waals surface area contributed by atoms with Gasteiger partial charge >= 0.3 is 0 Å². The van der Waals surface area contributed by atoms with Gasteiger partial charge in [0.2, 0.25) is 0 Å². The Morgan fingerprint density at radius 3 is 2.16 bits per heavy atom. The van der Waals surface area contributed by atoms with E-state index in [9.17, 15) is 4.79 Å². The lowest BCUT2D eigenvalue weighted by Gasteiger charge is -2.12. The van der Waals surface area contributed by atoms with Gasteiger partial charge in [-0.1, -0.05) is 17.7 Å². The van der Waals surface area contributed by atoms with Crippen LogP contribution < -0.4 is 11.1 Å². The van der Waals surface area contributed by atoms with E-state index in [4.69, 9.17) is 5.73 Å². The first kappa shape index (κ1) is 13.6. The van der Waals surface area contributed by atoms with Gasteiger partial charge in [-0.15, -0.1) is 11.3 Å². The zero-order valence-corrected chi connectivity index (χ0v) is 12.4. The van der Waals surface area contributed by atoms with Gasteiger partial charge in [0.1, 0.15) is 0 Å². The van der Waals surface area contributed by atoms with Crippen molar-refractivity contribution in [2.24, 2.45) is 0 Å². The minimum atomic E-state index is -0.0974. The lowest BCUT2D eigenvalue weighted by Crippen LogP contribution is -2.12. The smallest absolute Gasteiger partial charge is 0.265 e. The molecule has 100 valence electrons. The summed E-state index contributed by atoms with van der Waals surface area (Å²) in [6, 6.07) is 5.86. The maximum atomic E-state index is 12.2. The van der Waals surface area contributed by atoms with E-state index in [-0.39, 0.29) is 5.91 Å². The Hall–Kier alpha value is -1.81. The fourth-order valence-corrected chi connectivity index (χ4v) is 3.00. The maximum absolute atomic E-state index is 12.2. The molecule has 3 N–H and O–H groups in total. The lowest BCUT2D eigenvalue weighted by atomic mass is 10.1. The number of anilines is 2. The molecule has 0 aliphatic rings. The maximum Gasteiger partial charge on any atom is 0.265 e. The first-order valence-electron chi connectivity index (χ1n) is 6.13. The second-order valence-electron chi connectivity index (χ2n) is 4.85. The first-order chi connectivity index (χ1) is 8.88. The number of amides is 1. The molecule has 0 aliphatic heterocycles. The summed E-state index contributed by atoms with van der Waals surface area (Å²) in [4.78, 5) is 13.8. The predicted octanol–water partition coefficient (Wildman–Crippen LogP) is 3.82. The van der Waals surface area contributed by atoms with Gasteiger partial charge in [-0.25, -0.2) is 0 Å². The van der Waals surface area contributed by atoms with Crippen LogP contribution in [0.15, 0.2) is 18.2 Å². The van der Waals surface area contributed by atoms with Crippen molar-refractivity contribution < 1.29 is 4.79 Å². The molecular formula is C15H18N2OS. The van der Waals surface area contributed by atoms with Gasteiger partial charge in [0, 0.05) is 16.3 Å². The summed E-state index contributed by atoms with van der Waals surface area (Å²) in [5.74, 6) is -0.0974. The van der Waals surface area contributed by atoms with Gasteiger partial charge in [0.25, 0.3) is 5.91 Å². The summed E-state index contributed by atoms with van der Waals surface area (Å²) in [7, 11) is 0. The van der Waals surface area contributed by atoms with Crippen molar-refractivity contribution in [1.29, 1.82) is 0 Å². The largest absolute Gasteiger partial charge is 0.398 e. The number of thiophene rings is 1. The summed E-state index contributed by atoms with van der Waals surface area (Å²) in [5.41, 5.74) is 10.7. The molecule has 19 heavy (non-hydrogen) atoms. The van der Waals surface area contributed by atoms with Gasteiger partial charge in [-0.05, 0) is 44.9 Å². The molecule has 0 atom stereocenters. The van der Waals surface area contributed by atoms with Crippen LogP contribution in [0.5, 0.6) is 0 Å². The molecule has 0 unspecified atom stereocenters. The number of hydrogen-bond donors (Lipinski definition) is 2. The highest BCUT2D eigenvalue weighted by Gasteiger charge is 2.13. The standard InChI is InChI=1S/C15H18N2OS/c1-8-5-9(2)14(10(3)6-8)17-15(18)13-7-12(16)11(4)19-13/h5-7H,16H2,1-4H3,(H,17,18). The average Bonchev–Trinajstić information content (AvgIpc) is 2.64. The number of aryl methyl sites for hydroxylation is 4. The van der Waals surface area contributed by atoms with Crippen molar-refractivity contribution in [3.8, 4) is 0 Å². The van der Waals surface area contributed by atoms with Crippen LogP contribution in [0.25, 0.3) is 0 Å². The highest BCUT2D eigenvalue weighted by Crippen LogP contribution is 2.26. The quantitative estimate of drug-likeness (QED) is 0.874. The van der Waals surface area contributed by atoms with E-state index in [1.54, 1.807) is 6.07 Å². The number of benzene rings is 1. The summed E-state index contributed by atoms with van der Waals surface area (Å²) < 4.78 is 0. The molecule has 1 heterocycles. The van der Waals surface area contributed by atoms with Crippen LogP contribution in [0.3, 0.4) is 0 Å². The molecular weight excluding hydrogens is 256 g/mol. The van der Waals surface area contributed by atoms with Crippen LogP contribution in [0.2, 0.25) is 0 Å².